The van der Waals surface area contributed by atoms with Gasteiger partial charge in [-0.3, -0.25) is 28.8 Å². The summed E-state index contributed by atoms with van der Waals surface area (Å²) in [5.74, 6) is -1.17. The van der Waals surface area contributed by atoms with Crippen molar-refractivity contribution in [2.75, 3.05) is 99.4 Å². The van der Waals surface area contributed by atoms with Gasteiger partial charge in [-0.15, -0.1) is 0 Å². The second kappa shape index (κ2) is 44.5. The van der Waals surface area contributed by atoms with E-state index in [-0.39, 0.29) is 101 Å². The average molecular weight is 1980 g/mol. The van der Waals surface area contributed by atoms with E-state index >= 15 is 0 Å². The molecule has 18 aromatic rings. The molecule has 2 aliphatic heterocycles. The number of likely N-dealkylation sites (N-methyl/N-ethyl adjacent to an activating group) is 1. The summed E-state index contributed by atoms with van der Waals surface area (Å²) < 4.78 is 78.8. The molecular weight excluding hydrogens is 1880 g/mol. The van der Waals surface area contributed by atoms with Crippen molar-refractivity contribution in [1.82, 2.24) is 65.7 Å². The fourth-order valence-corrected chi connectivity index (χ4v) is 17.3. The molecule has 6 amide bonds. The molecule has 2 saturated heterocycles. The van der Waals surface area contributed by atoms with Gasteiger partial charge in [0.1, 0.15) is 70.0 Å². The van der Waals surface area contributed by atoms with Gasteiger partial charge >= 0.3 is 11.8 Å². The number of fused-ring (bicyclic) bond motifs is 5. The number of carbonyl (C=O) groups excluding carboxylic acids is 6. The molecule has 0 unspecified atom stereocenters. The van der Waals surface area contributed by atoms with Crippen molar-refractivity contribution in [3.05, 3.63) is 360 Å². The van der Waals surface area contributed by atoms with E-state index in [2.05, 4.69) is 78.5 Å². The zero-order chi connectivity index (χ0) is 103. The molecule has 3 fully saturated rings. The minimum atomic E-state index is -0.432. The van der Waals surface area contributed by atoms with E-state index < -0.39 is 11.8 Å². The van der Waals surface area contributed by atoms with E-state index in [1.807, 2.05) is 110 Å². The standard InChI is InChI=1S/C28H27FN4O2.C22H19FN6O3.C22H17FN4O.C20H19FN4O.C20H18FN3O2/c1-33-13-11-23(12-14-33)35-22-8-6-21(7-9-22)32-28(34)26-17-31-27(30)25-16-19(5-10-24(25)26)18-3-2-4-20(29)15-18;1-29(2)22(31)21-27-18(28-32-21)11-26-20(30)17-10-25-19(24)16-9-13(6-7-15(16)17)12-4-3-5-14(23)8-12;23-15-5-3-4-13(10-15)14-8-9-16-17(11-14)21(25)26-12-18(16)22(28)27-20-7-2-1-6-19(20)24;1-25-10-15(11-25)24-20(26)18-9-23-19(22)17-8-13(5-6-16(17)18)12-3-2-4-14(21)7-12;21-13-3-1-2-11(6-13)12-4-5-16-17(7-12)19(22)23-10-18(16)20(26)24-14-8-15(25)9-14/h2-10,15-17,23H,11-14H2,1H3,(H2,30,31)(H,32,34);3-10H,11H2,1-2H3,(H2,24,25)(H,26,30);1-12H,24H2,(H2,25,26)(H,27,28);2-9,15H,10-11H2,1H3,(H2,22,23)(H,24,26);1-7,10,14-15,25H,8-9H2,(H2,22,23)(H,24,26). The van der Waals surface area contributed by atoms with Gasteiger partial charge in [0.15, 0.2) is 5.82 Å². The number of carbonyl (C=O) groups is 6. The number of likely N-dealkylation sites (tertiary alicyclic amines) is 2. The number of rotatable bonds is 19. The summed E-state index contributed by atoms with van der Waals surface area (Å²) in [6.07, 6.45) is 10.3. The summed E-state index contributed by atoms with van der Waals surface area (Å²) in [4.78, 5) is 106. The molecule has 742 valence electrons. The second-order valence-corrected chi connectivity index (χ2v) is 35.9. The van der Waals surface area contributed by atoms with Gasteiger partial charge in [-0.1, -0.05) is 139 Å². The largest absolute Gasteiger partial charge is 0.490 e. The molecule has 147 heavy (non-hydrogen) atoms. The van der Waals surface area contributed by atoms with Crippen LogP contribution in [0.25, 0.3) is 109 Å². The van der Waals surface area contributed by atoms with Crippen molar-refractivity contribution in [2.24, 2.45) is 0 Å². The number of aliphatic hydroxyl groups is 1. The van der Waals surface area contributed by atoms with Crippen molar-refractivity contribution in [3.63, 3.8) is 0 Å². The number of nitrogens with two attached hydrogens (primary N) is 6. The average Bonchev–Trinajstić information content (AvgIpc) is 1.30. The SMILES string of the molecule is CN(C)C(=O)c1nc(CNC(=O)c2cnc(N)c3cc(-c4cccc(F)c4)ccc23)no1.CN1CC(NC(=O)c2cnc(N)c3cc(-c4cccc(F)c4)ccc23)C1.CN1CCC(Oc2ccc(NC(=O)c3cnc(N)c4cc(-c5cccc(F)c5)ccc34)cc2)CC1.Nc1ccccc1NC(=O)c1cnc(N)c2cc(-c3cccc(F)c3)ccc12.Nc1ncc(C(=O)NC2CC(O)C2)c2ccc(-c3cccc(F)c3)cc12. The first kappa shape index (κ1) is 100. The zero-order valence-corrected chi connectivity index (χ0v) is 79.9. The number of para-hydroxylation sites is 2. The monoisotopic (exact) mass is 1980 g/mol. The molecule has 0 atom stereocenters. The number of halogens is 5. The number of anilines is 8. The third-order valence-electron chi connectivity index (χ3n) is 25.2. The molecule has 6 aromatic heterocycles. The number of piperidine rings is 1. The highest BCUT2D eigenvalue weighted by Gasteiger charge is 2.31. The van der Waals surface area contributed by atoms with E-state index in [0.717, 1.165) is 94.7 Å². The van der Waals surface area contributed by atoms with Gasteiger partial charge in [0.2, 0.25) is 0 Å². The lowest BCUT2D eigenvalue weighted by molar-refractivity contribution is 0.0562. The van der Waals surface area contributed by atoms with Gasteiger partial charge in [-0.25, -0.2) is 46.9 Å². The van der Waals surface area contributed by atoms with E-state index in [4.69, 9.17) is 43.7 Å². The molecular formula is C112H100F5N21O9. The minimum absolute atomic E-state index is 0.0170. The number of nitrogens with zero attached hydrogens (tertiary/aromatic N) is 10. The van der Waals surface area contributed by atoms with Crippen LogP contribution in [0.2, 0.25) is 0 Å². The molecule has 12 aromatic carbocycles. The Hall–Kier alpha value is -18.2. The van der Waals surface area contributed by atoms with Crippen molar-refractivity contribution in [2.45, 2.75) is 56.5 Å². The highest BCUT2D eigenvalue weighted by Crippen LogP contribution is 2.38. The number of pyridine rings is 5. The molecule has 0 bridgehead atoms. The number of nitrogens with one attached hydrogen (secondary N) is 5. The van der Waals surface area contributed by atoms with Crippen LogP contribution in [0.1, 0.15) is 94.0 Å². The van der Waals surface area contributed by atoms with Crippen LogP contribution in [0.15, 0.2) is 296 Å². The van der Waals surface area contributed by atoms with Crippen LogP contribution < -0.4 is 65.7 Å². The fraction of sp³-hybridized carbons (Fsp3) is 0.152. The summed E-state index contributed by atoms with van der Waals surface area (Å²) in [5.41, 5.74) is 47.3. The topological polar surface area (TPSA) is 461 Å². The summed E-state index contributed by atoms with van der Waals surface area (Å²) >= 11 is 0. The summed E-state index contributed by atoms with van der Waals surface area (Å²) in [7, 11) is 7.26. The van der Waals surface area contributed by atoms with Crippen LogP contribution in [0.4, 0.5) is 68.1 Å². The van der Waals surface area contributed by atoms with E-state index in [1.165, 1.54) is 96.5 Å². The number of aliphatic hydroxyl groups excluding tert-OH is 1. The van der Waals surface area contributed by atoms with E-state index in [9.17, 15) is 55.8 Å². The molecule has 0 spiro atoms. The number of hydrogen-bond donors (Lipinski definition) is 12. The number of benzene rings is 12. The van der Waals surface area contributed by atoms with Crippen LogP contribution in [0, 0.1) is 29.1 Å². The van der Waals surface area contributed by atoms with Crippen LogP contribution in [0.5, 0.6) is 5.75 Å². The van der Waals surface area contributed by atoms with Gasteiger partial charge in [-0.2, -0.15) is 4.98 Å². The maximum Gasteiger partial charge on any atom is 0.316 e. The first-order valence-electron chi connectivity index (χ1n) is 46.8. The number of aromatic nitrogens is 7. The Morgan fingerprint density at radius 3 is 1.08 bits per heavy atom. The van der Waals surface area contributed by atoms with Crippen LogP contribution in [-0.4, -0.2) is 169 Å². The summed E-state index contributed by atoms with van der Waals surface area (Å²) in [6.45, 7) is 3.71. The zero-order valence-electron chi connectivity index (χ0n) is 79.9. The number of amides is 6. The van der Waals surface area contributed by atoms with Gasteiger partial charge < -0.3 is 90.1 Å². The molecule has 18 N–H and O–H groups in total. The lowest BCUT2D eigenvalue weighted by atomic mass is 9.89. The maximum atomic E-state index is 13.7. The molecule has 30 nitrogen and oxygen atoms in total. The summed E-state index contributed by atoms with van der Waals surface area (Å²) in [5, 5.41) is 33.9. The second-order valence-electron chi connectivity index (χ2n) is 35.9. The molecule has 1 aliphatic carbocycles. The van der Waals surface area contributed by atoms with Crippen molar-refractivity contribution in [1.29, 1.82) is 0 Å². The Morgan fingerprint density at radius 2 is 0.735 bits per heavy atom. The Bertz CT molecular complexity index is 7900. The highest BCUT2D eigenvalue weighted by atomic mass is 19.1. The molecule has 1 saturated carbocycles. The van der Waals surface area contributed by atoms with Crippen molar-refractivity contribution >= 4 is 135 Å². The Balaban J connectivity index is 0.000000126. The molecule has 0 radical (unpaired) electrons. The normalized spacial score (nSPS) is 13.9. The molecule has 35 heteroatoms. The first-order valence-corrected chi connectivity index (χ1v) is 46.8. The third kappa shape index (κ3) is 23.9. The maximum absolute atomic E-state index is 13.7. The lowest BCUT2D eigenvalue weighted by Gasteiger charge is -2.36. The number of hydrogen-bond acceptors (Lipinski definition) is 24. The molecule has 3 aliphatic rings. The molecule has 21 rings (SSSR count). The van der Waals surface area contributed by atoms with Crippen LogP contribution >= 0.6 is 0 Å². The Labute approximate surface area is 839 Å². The predicted octanol–water partition coefficient (Wildman–Crippen LogP) is 18.0. The van der Waals surface area contributed by atoms with E-state index in [0.29, 0.717) is 141 Å². The number of nitrogen functional groups attached to an aromatic ring is 6. The van der Waals surface area contributed by atoms with Crippen LogP contribution in [0.3, 0.4) is 0 Å². The van der Waals surface area contributed by atoms with Crippen molar-refractivity contribution < 1.29 is 65.1 Å². The van der Waals surface area contributed by atoms with Gasteiger partial charge in [-0.05, 0) is 250 Å². The Morgan fingerprint density at radius 1 is 0.395 bits per heavy atom. The fourth-order valence-electron chi connectivity index (χ4n) is 17.3. The smallest absolute Gasteiger partial charge is 0.316 e. The van der Waals surface area contributed by atoms with Gasteiger partial charge in [0, 0.05) is 110 Å². The van der Waals surface area contributed by atoms with Crippen LogP contribution in [-0.2, 0) is 6.54 Å². The van der Waals surface area contributed by atoms with Gasteiger partial charge in [0.05, 0.1) is 57.9 Å². The Kier molecular flexibility index (Phi) is 30.4. The first-order chi connectivity index (χ1) is 70.8. The summed E-state index contributed by atoms with van der Waals surface area (Å²) in [6, 6.07) is 73.3. The minimum Gasteiger partial charge on any atom is -0.490 e. The lowest BCUT2D eigenvalue weighted by Crippen LogP contribution is -2.57. The third-order valence-corrected chi connectivity index (χ3v) is 25.2. The molecule has 8 heterocycles. The van der Waals surface area contributed by atoms with Gasteiger partial charge in [0.25, 0.3) is 29.5 Å². The van der Waals surface area contributed by atoms with E-state index in [1.54, 1.807) is 111 Å². The predicted molar refractivity (Wildman–Crippen MR) is 561 cm³/mol. The quantitative estimate of drug-likeness (QED) is 0.0264. The highest BCUT2D eigenvalue weighted by molar-refractivity contribution is 6.17. The number of ether oxygens (including phenoxy) is 1. The van der Waals surface area contributed by atoms with Crippen molar-refractivity contribution in [3.8, 4) is 61.4 Å².